The molecule has 0 saturated heterocycles. The first-order chi connectivity index (χ1) is 16.9. The molecule has 160 valence electrons. The van der Waals surface area contributed by atoms with Gasteiger partial charge >= 0.3 is 0 Å². The lowest BCUT2D eigenvalue weighted by Gasteiger charge is -2.27. The second kappa shape index (κ2) is 7.50. The molecular formula is C32H21NO. The molecule has 7 aromatic rings. The van der Waals surface area contributed by atoms with Crippen LogP contribution >= 0.6 is 0 Å². The lowest BCUT2D eigenvalue weighted by atomic mass is 10.0. The third-order valence-electron chi connectivity index (χ3n) is 6.62. The maximum Gasteiger partial charge on any atom is 0.136 e. The Kier molecular flexibility index (Phi) is 4.18. The highest BCUT2D eigenvalue weighted by Crippen LogP contribution is 2.42. The van der Waals surface area contributed by atoms with Crippen molar-refractivity contribution in [2.45, 2.75) is 0 Å². The summed E-state index contributed by atoms with van der Waals surface area (Å²) in [6.07, 6.45) is 0. The number of rotatable bonds is 3. The van der Waals surface area contributed by atoms with Crippen LogP contribution in [0.5, 0.6) is 0 Å². The van der Waals surface area contributed by atoms with E-state index < -0.39 is 0 Å². The monoisotopic (exact) mass is 435 g/mol. The molecule has 34 heavy (non-hydrogen) atoms. The van der Waals surface area contributed by atoms with Gasteiger partial charge in [0.1, 0.15) is 11.2 Å². The van der Waals surface area contributed by atoms with E-state index in [0.717, 1.165) is 33.6 Å². The topological polar surface area (TPSA) is 16.4 Å². The van der Waals surface area contributed by atoms with Gasteiger partial charge in [-0.25, -0.2) is 0 Å². The zero-order valence-electron chi connectivity index (χ0n) is 18.5. The molecule has 0 aliphatic rings. The summed E-state index contributed by atoms with van der Waals surface area (Å²) in [6, 6.07) is 44.9. The Morgan fingerprint density at radius 2 is 1.12 bits per heavy atom. The molecule has 0 aliphatic heterocycles. The Labute approximate surface area is 197 Å². The quantitative estimate of drug-likeness (QED) is 0.275. The van der Waals surface area contributed by atoms with Crippen LogP contribution in [0.25, 0.3) is 43.5 Å². The van der Waals surface area contributed by atoms with Gasteiger partial charge in [0.15, 0.2) is 0 Å². The van der Waals surface area contributed by atoms with Crippen LogP contribution in [0.15, 0.2) is 132 Å². The van der Waals surface area contributed by atoms with Crippen LogP contribution in [0.4, 0.5) is 17.1 Å². The third kappa shape index (κ3) is 2.89. The summed E-state index contributed by atoms with van der Waals surface area (Å²) in [4.78, 5) is 2.34. The molecule has 6 aromatic carbocycles. The van der Waals surface area contributed by atoms with Crippen molar-refractivity contribution in [3.8, 4) is 0 Å². The van der Waals surface area contributed by atoms with Crippen LogP contribution < -0.4 is 4.90 Å². The van der Waals surface area contributed by atoms with E-state index in [1.54, 1.807) is 0 Å². The van der Waals surface area contributed by atoms with E-state index in [-0.39, 0.29) is 0 Å². The predicted octanol–water partition coefficient (Wildman–Crippen LogP) is 9.36. The fraction of sp³-hybridized carbons (Fsp3) is 0. The van der Waals surface area contributed by atoms with Gasteiger partial charge in [0.2, 0.25) is 0 Å². The number of hydrogen-bond donors (Lipinski definition) is 0. The van der Waals surface area contributed by atoms with Crippen molar-refractivity contribution in [2.75, 3.05) is 4.90 Å². The van der Waals surface area contributed by atoms with Crippen molar-refractivity contribution in [3.05, 3.63) is 127 Å². The predicted molar refractivity (Wildman–Crippen MR) is 143 cm³/mol. The summed E-state index contributed by atoms with van der Waals surface area (Å²) in [5, 5.41) is 7.17. The first-order valence-corrected chi connectivity index (χ1v) is 11.5. The van der Waals surface area contributed by atoms with E-state index in [0.29, 0.717) is 0 Å². The van der Waals surface area contributed by atoms with Crippen molar-refractivity contribution >= 4 is 60.5 Å². The van der Waals surface area contributed by atoms with Crippen LogP contribution in [0.3, 0.4) is 0 Å². The Hall–Kier alpha value is -4.56. The molecule has 0 N–H and O–H groups in total. The van der Waals surface area contributed by atoms with E-state index in [9.17, 15) is 0 Å². The largest absolute Gasteiger partial charge is 0.456 e. The van der Waals surface area contributed by atoms with Gasteiger partial charge in [-0.3, -0.25) is 0 Å². The molecule has 1 heterocycles. The van der Waals surface area contributed by atoms with Gasteiger partial charge in [0, 0.05) is 27.5 Å². The van der Waals surface area contributed by atoms with Crippen molar-refractivity contribution < 1.29 is 4.42 Å². The van der Waals surface area contributed by atoms with Crippen LogP contribution in [-0.4, -0.2) is 0 Å². The Morgan fingerprint density at radius 1 is 0.441 bits per heavy atom. The molecule has 0 saturated carbocycles. The highest BCUT2D eigenvalue weighted by Gasteiger charge is 2.17. The Bertz CT molecular complexity index is 1810. The van der Waals surface area contributed by atoms with E-state index in [1.807, 2.05) is 0 Å². The van der Waals surface area contributed by atoms with Gasteiger partial charge in [-0.05, 0) is 58.6 Å². The van der Waals surface area contributed by atoms with Crippen molar-refractivity contribution in [3.63, 3.8) is 0 Å². The third-order valence-corrected chi connectivity index (χ3v) is 6.62. The molecule has 0 amide bonds. The number of para-hydroxylation sites is 1. The minimum atomic E-state index is 0.904. The fourth-order valence-electron chi connectivity index (χ4n) is 5.08. The van der Waals surface area contributed by atoms with E-state index in [2.05, 4.69) is 132 Å². The number of furan rings is 1. The molecule has 0 spiro atoms. The molecule has 0 aliphatic carbocycles. The molecule has 0 fully saturated rings. The molecule has 0 unspecified atom stereocenters. The summed E-state index contributed by atoms with van der Waals surface area (Å²) < 4.78 is 6.26. The lowest BCUT2D eigenvalue weighted by Crippen LogP contribution is -2.10. The zero-order valence-corrected chi connectivity index (χ0v) is 18.5. The molecule has 2 nitrogen and oxygen atoms in total. The smallest absolute Gasteiger partial charge is 0.136 e. The maximum absolute atomic E-state index is 6.26. The second-order valence-electron chi connectivity index (χ2n) is 8.61. The summed E-state index contributed by atoms with van der Waals surface area (Å²) >= 11 is 0. The van der Waals surface area contributed by atoms with Gasteiger partial charge in [-0.2, -0.15) is 0 Å². The summed E-state index contributed by atoms with van der Waals surface area (Å²) in [5.41, 5.74) is 5.20. The number of nitrogens with zero attached hydrogens (tertiary/aromatic N) is 1. The Balaban J connectivity index is 1.54. The second-order valence-corrected chi connectivity index (χ2v) is 8.61. The minimum absolute atomic E-state index is 0.904. The lowest BCUT2D eigenvalue weighted by molar-refractivity contribution is 0.669. The summed E-state index contributed by atoms with van der Waals surface area (Å²) in [5.74, 6) is 0. The van der Waals surface area contributed by atoms with Gasteiger partial charge in [-0.15, -0.1) is 0 Å². The van der Waals surface area contributed by atoms with Gasteiger partial charge in [-0.1, -0.05) is 84.9 Å². The van der Waals surface area contributed by atoms with Gasteiger partial charge in [0.25, 0.3) is 0 Å². The van der Waals surface area contributed by atoms with Crippen LogP contribution in [0, 0.1) is 0 Å². The van der Waals surface area contributed by atoms with Crippen LogP contribution in [0.2, 0.25) is 0 Å². The zero-order chi connectivity index (χ0) is 22.5. The molecule has 0 bridgehead atoms. The molecular weight excluding hydrogens is 414 g/mol. The first kappa shape index (κ1) is 19.0. The van der Waals surface area contributed by atoms with E-state index in [4.69, 9.17) is 4.42 Å². The maximum atomic E-state index is 6.26. The summed E-state index contributed by atoms with van der Waals surface area (Å²) in [6.45, 7) is 0. The number of fused-ring (bicyclic) bond motifs is 6. The van der Waals surface area contributed by atoms with E-state index >= 15 is 0 Å². The van der Waals surface area contributed by atoms with Crippen LogP contribution in [0.1, 0.15) is 0 Å². The fourth-order valence-corrected chi connectivity index (χ4v) is 5.08. The Morgan fingerprint density at radius 3 is 1.97 bits per heavy atom. The average molecular weight is 436 g/mol. The molecule has 0 radical (unpaired) electrons. The van der Waals surface area contributed by atoms with Gasteiger partial charge in [0.05, 0.1) is 5.69 Å². The minimum Gasteiger partial charge on any atom is -0.456 e. The SMILES string of the molecule is c1ccc(N(c2ccc3oc4ccc5ccccc5c4c3c2)c2cccc3ccccc23)cc1. The number of benzene rings is 6. The molecule has 7 rings (SSSR count). The molecule has 2 heteroatoms. The number of anilines is 3. The van der Waals surface area contributed by atoms with Gasteiger partial charge < -0.3 is 9.32 Å². The van der Waals surface area contributed by atoms with Crippen LogP contribution in [-0.2, 0) is 0 Å². The van der Waals surface area contributed by atoms with E-state index in [1.165, 1.54) is 26.9 Å². The summed E-state index contributed by atoms with van der Waals surface area (Å²) in [7, 11) is 0. The highest BCUT2D eigenvalue weighted by atomic mass is 16.3. The average Bonchev–Trinajstić information content (AvgIpc) is 3.28. The van der Waals surface area contributed by atoms with Crippen molar-refractivity contribution in [1.82, 2.24) is 0 Å². The normalized spacial score (nSPS) is 11.5. The first-order valence-electron chi connectivity index (χ1n) is 11.5. The molecule has 0 atom stereocenters. The van der Waals surface area contributed by atoms with Crippen molar-refractivity contribution in [1.29, 1.82) is 0 Å². The standard InChI is InChI=1S/C32H21NO/c1-2-12-24(13-3-1)33(29-16-8-11-22-9-4-6-14-26(22)29)25-18-20-30-28(21-25)32-27-15-7-5-10-23(27)17-19-31(32)34-30/h1-21H. The number of hydrogen-bond acceptors (Lipinski definition) is 2. The molecule has 1 aromatic heterocycles. The highest BCUT2D eigenvalue weighted by molar-refractivity contribution is 6.19. The van der Waals surface area contributed by atoms with Crippen molar-refractivity contribution in [2.24, 2.45) is 0 Å².